The van der Waals surface area contributed by atoms with Crippen LogP contribution < -0.4 is 5.32 Å². The molecule has 0 aliphatic heterocycles. The summed E-state index contributed by atoms with van der Waals surface area (Å²) in [5, 5.41) is 3.87. The number of unbranched alkanes of at least 4 members (excludes halogenated alkanes) is 18. The third kappa shape index (κ3) is 15.9. The van der Waals surface area contributed by atoms with Gasteiger partial charge in [0, 0.05) is 11.4 Å². The molecule has 0 amide bonds. The zero-order valence-corrected chi connectivity index (χ0v) is 27.0. The van der Waals surface area contributed by atoms with Crippen molar-refractivity contribution < 1.29 is 0 Å². The molecule has 1 heteroatoms. The summed E-state index contributed by atoms with van der Waals surface area (Å²) in [7, 11) is 0. The van der Waals surface area contributed by atoms with Crippen LogP contribution >= 0.6 is 0 Å². The van der Waals surface area contributed by atoms with Crippen molar-refractivity contribution in [2.24, 2.45) is 0 Å². The summed E-state index contributed by atoms with van der Waals surface area (Å²) < 4.78 is 0. The molecule has 0 heterocycles. The maximum Gasteiger partial charge on any atom is 0.0419 e. The Morgan fingerprint density at radius 1 is 0.450 bits per heavy atom. The molecule has 0 spiro atoms. The van der Waals surface area contributed by atoms with Crippen LogP contribution in [0.25, 0.3) is 0 Å². The van der Waals surface area contributed by atoms with Gasteiger partial charge in [0.1, 0.15) is 0 Å². The van der Waals surface area contributed by atoms with Crippen molar-refractivity contribution in [2.75, 3.05) is 5.32 Å². The first-order valence-corrected chi connectivity index (χ1v) is 17.7. The molecule has 0 aliphatic rings. The van der Waals surface area contributed by atoms with Gasteiger partial charge in [0.2, 0.25) is 0 Å². The summed E-state index contributed by atoms with van der Waals surface area (Å²) in [6, 6.07) is 16.3. The second kappa shape index (κ2) is 23.9. The second-order valence-electron chi connectivity index (χ2n) is 12.4. The Morgan fingerprint density at radius 3 is 1.50 bits per heavy atom. The van der Waals surface area contributed by atoms with E-state index in [1.807, 2.05) is 0 Å². The highest BCUT2D eigenvalue weighted by atomic mass is 14.9. The number of aryl methyl sites for hydroxylation is 2. The quantitative estimate of drug-likeness (QED) is 0.115. The number of benzene rings is 2. The summed E-state index contributed by atoms with van der Waals surface area (Å²) in [4.78, 5) is 0. The monoisotopic (exact) mass is 548 g/mol. The van der Waals surface area contributed by atoms with E-state index >= 15 is 0 Å². The van der Waals surface area contributed by atoms with Crippen molar-refractivity contribution in [3.05, 3.63) is 59.2 Å². The minimum Gasteiger partial charge on any atom is -0.355 e. The average molecular weight is 548 g/mol. The van der Waals surface area contributed by atoms with Crippen LogP contribution in [0.2, 0.25) is 0 Å². The fourth-order valence-corrected chi connectivity index (χ4v) is 6.06. The lowest BCUT2D eigenvalue weighted by Crippen LogP contribution is -2.02. The van der Waals surface area contributed by atoms with E-state index in [2.05, 4.69) is 68.6 Å². The van der Waals surface area contributed by atoms with Crippen LogP contribution in [0.15, 0.2) is 42.5 Å². The molecule has 0 unspecified atom stereocenters. The Balaban J connectivity index is 1.95. The molecule has 2 rings (SSSR count). The Morgan fingerprint density at radius 2 is 0.925 bits per heavy atom. The van der Waals surface area contributed by atoms with E-state index < -0.39 is 0 Å². The van der Waals surface area contributed by atoms with Gasteiger partial charge < -0.3 is 5.32 Å². The van der Waals surface area contributed by atoms with Gasteiger partial charge in [0.15, 0.2) is 0 Å². The van der Waals surface area contributed by atoms with Gasteiger partial charge in [-0.15, -0.1) is 0 Å². The number of rotatable bonds is 26. The van der Waals surface area contributed by atoms with Crippen LogP contribution in [-0.2, 0) is 19.3 Å². The summed E-state index contributed by atoms with van der Waals surface area (Å²) in [6.45, 7) is 6.91. The molecular formula is C39H65N. The van der Waals surface area contributed by atoms with Gasteiger partial charge >= 0.3 is 0 Å². The van der Waals surface area contributed by atoms with Gasteiger partial charge in [-0.25, -0.2) is 0 Å². The lowest BCUT2D eigenvalue weighted by Gasteiger charge is -2.17. The van der Waals surface area contributed by atoms with Gasteiger partial charge in [0.25, 0.3) is 0 Å². The van der Waals surface area contributed by atoms with E-state index in [0.717, 1.165) is 0 Å². The molecule has 1 N–H and O–H groups in total. The van der Waals surface area contributed by atoms with Crippen molar-refractivity contribution in [3.63, 3.8) is 0 Å². The minimum atomic E-state index is 1.20. The molecule has 40 heavy (non-hydrogen) atoms. The number of hydrogen-bond acceptors (Lipinski definition) is 1. The summed E-state index contributed by atoms with van der Waals surface area (Å²) >= 11 is 0. The molecule has 0 radical (unpaired) electrons. The van der Waals surface area contributed by atoms with Crippen LogP contribution in [0.3, 0.4) is 0 Å². The van der Waals surface area contributed by atoms with Crippen molar-refractivity contribution in [2.45, 2.75) is 175 Å². The molecule has 0 aliphatic carbocycles. The lowest BCUT2D eigenvalue weighted by atomic mass is 9.94. The van der Waals surface area contributed by atoms with Crippen LogP contribution in [0.1, 0.15) is 172 Å². The van der Waals surface area contributed by atoms with Gasteiger partial charge in [0.05, 0.1) is 0 Å². The fourth-order valence-electron chi connectivity index (χ4n) is 6.06. The van der Waals surface area contributed by atoms with E-state index in [-0.39, 0.29) is 0 Å². The smallest absolute Gasteiger partial charge is 0.0419 e. The molecule has 0 aromatic heterocycles. The molecule has 0 bridgehead atoms. The lowest BCUT2D eigenvalue weighted by molar-refractivity contribution is 0.583. The van der Waals surface area contributed by atoms with E-state index in [9.17, 15) is 0 Å². The number of nitrogens with one attached hydrogen (secondary N) is 1. The zero-order chi connectivity index (χ0) is 28.5. The Labute approximate surface area is 250 Å². The van der Waals surface area contributed by atoms with E-state index in [0.29, 0.717) is 0 Å². The van der Waals surface area contributed by atoms with Gasteiger partial charge in [-0.3, -0.25) is 0 Å². The van der Waals surface area contributed by atoms with Gasteiger partial charge in [-0.05, 0) is 73.4 Å². The van der Waals surface area contributed by atoms with Crippen LogP contribution in [0.5, 0.6) is 0 Å². The van der Waals surface area contributed by atoms with Crippen LogP contribution in [0.4, 0.5) is 11.4 Å². The summed E-state index contributed by atoms with van der Waals surface area (Å²) in [5.74, 6) is 0. The Kier molecular flexibility index (Phi) is 20.6. The second-order valence-corrected chi connectivity index (χ2v) is 12.4. The molecule has 0 saturated carbocycles. The van der Waals surface area contributed by atoms with Crippen molar-refractivity contribution >= 4 is 11.4 Å². The Hall–Kier alpha value is -1.76. The normalized spacial score (nSPS) is 11.3. The van der Waals surface area contributed by atoms with Crippen molar-refractivity contribution in [1.82, 2.24) is 0 Å². The van der Waals surface area contributed by atoms with Crippen molar-refractivity contribution in [3.8, 4) is 0 Å². The first-order chi connectivity index (χ1) is 19.8. The molecule has 0 fully saturated rings. The van der Waals surface area contributed by atoms with E-state index in [4.69, 9.17) is 0 Å². The van der Waals surface area contributed by atoms with Gasteiger partial charge in [-0.1, -0.05) is 161 Å². The SMILES string of the molecule is CCCCCCCCCc1cccc(Nc2cccc(CCCCCCCCC)c2CCCCCCCCC)c1. The van der Waals surface area contributed by atoms with Crippen molar-refractivity contribution in [1.29, 1.82) is 0 Å². The molecular weight excluding hydrogens is 482 g/mol. The van der Waals surface area contributed by atoms with Gasteiger partial charge in [-0.2, -0.15) is 0 Å². The maximum atomic E-state index is 3.87. The van der Waals surface area contributed by atoms with E-state index in [1.165, 1.54) is 171 Å². The molecule has 2 aromatic rings. The predicted octanol–water partition coefficient (Wildman–Crippen LogP) is 13.3. The first kappa shape index (κ1) is 34.4. The predicted molar refractivity (Wildman–Crippen MR) is 181 cm³/mol. The highest BCUT2D eigenvalue weighted by Crippen LogP contribution is 2.28. The minimum absolute atomic E-state index is 1.20. The summed E-state index contributed by atoms with van der Waals surface area (Å²) in [6.07, 6.45) is 32.5. The molecule has 2 aromatic carbocycles. The molecule has 0 atom stereocenters. The molecule has 0 saturated heterocycles. The zero-order valence-electron chi connectivity index (χ0n) is 27.0. The Bertz CT molecular complexity index is 854. The molecule has 226 valence electrons. The van der Waals surface area contributed by atoms with Crippen LogP contribution in [0, 0.1) is 0 Å². The van der Waals surface area contributed by atoms with E-state index in [1.54, 1.807) is 11.1 Å². The average Bonchev–Trinajstić information content (AvgIpc) is 2.97. The summed E-state index contributed by atoms with van der Waals surface area (Å²) in [5.41, 5.74) is 7.25. The topological polar surface area (TPSA) is 12.0 Å². The largest absolute Gasteiger partial charge is 0.355 e. The standard InChI is InChI=1S/C39H65N/c1-4-7-10-13-16-19-22-27-35-28-25-31-37(34-35)40-39-33-26-30-36(29-23-20-17-14-11-8-5-2)38(39)32-24-21-18-15-12-9-6-3/h25-26,28,30-31,33-34,40H,4-24,27,29,32H2,1-3H3. The number of anilines is 2. The van der Waals surface area contributed by atoms with Crippen LogP contribution in [-0.4, -0.2) is 0 Å². The highest BCUT2D eigenvalue weighted by molar-refractivity contribution is 5.65. The highest BCUT2D eigenvalue weighted by Gasteiger charge is 2.10. The fraction of sp³-hybridized carbons (Fsp3) is 0.692. The molecule has 1 nitrogen and oxygen atoms in total. The third-order valence-electron chi connectivity index (χ3n) is 8.63. The first-order valence-electron chi connectivity index (χ1n) is 17.7. The number of hydrogen-bond donors (Lipinski definition) is 1. The maximum absolute atomic E-state index is 3.87. The third-order valence-corrected chi connectivity index (χ3v) is 8.63.